The second-order valence-corrected chi connectivity index (χ2v) is 4.48. The molecule has 0 radical (unpaired) electrons. The molecule has 1 aromatic rings. The second-order valence-electron chi connectivity index (χ2n) is 4.48. The highest BCUT2D eigenvalue weighted by Gasteiger charge is 2.25. The van der Waals surface area contributed by atoms with Crippen molar-refractivity contribution in [1.82, 2.24) is 9.80 Å². The third-order valence-corrected chi connectivity index (χ3v) is 3.36. The molecule has 0 N–H and O–H groups in total. The van der Waals surface area contributed by atoms with Crippen molar-refractivity contribution in [3.05, 3.63) is 35.9 Å². The van der Waals surface area contributed by atoms with E-state index in [-0.39, 0.29) is 11.9 Å². The lowest BCUT2D eigenvalue weighted by Gasteiger charge is -2.36. The largest absolute Gasteiger partial charge is 0.340 e. The Morgan fingerprint density at radius 2 is 1.83 bits per heavy atom. The molecular formula is C14H17N3O. The fraction of sp³-hybridized carbons (Fsp3) is 0.429. The van der Waals surface area contributed by atoms with Crippen LogP contribution >= 0.6 is 0 Å². The average Bonchev–Trinajstić information content (AvgIpc) is 2.41. The molecule has 1 aliphatic heterocycles. The van der Waals surface area contributed by atoms with Crippen LogP contribution in [0.5, 0.6) is 0 Å². The Morgan fingerprint density at radius 1 is 1.22 bits per heavy atom. The molecule has 4 heteroatoms. The molecule has 0 aromatic heterocycles. The van der Waals surface area contributed by atoms with Gasteiger partial charge in [0.05, 0.1) is 6.07 Å². The molecule has 1 heterocycles. The SMILES string of the molecule is CC(=O)N1CCN(C(C#N)c2ccccc2)CC1. The monoisotopic (exact) mass is 243 g/mol. The number of piperazine rings is 1. The number of nitriles is 1. The van der Waals surface area contributed by atoms with E-state index in [2.05, 4.69) is 11.0 Å². The molecule has 1 atom stereocenters. The van der Waals surface area contributed by atoms with Crippen LogP contribution < -0.4 is 0 Å². The predicted molar refractivity (Wildman–Crippen MR) is 68.6 cm³/mol. The summed E-state index contributed by atoms with van der Waals surface area (Å²) < 4.78 is 0. The zero-order chi connectivity index (χ0) is 13.0. The molecule has 2 rings (SSSR count). The lowest BCUT2D eigenvalue weighted by atomic mass is 10.1. The number of hydrogen-bond acceptors (Lipinski definition) is 3. The van der Waals surface area contributed by atoms with E-state index < -0.39 is 0 Å². The van der Waals surface area contributed by atoms with Crippen molar-refractivity contribution in [2.45, 2.75) is 13.0 Å². The topological polar surface area (TPSA) is 47.3 Å². The van der Waals surface area contributed by atoms with Crippen LogP contribution in [0.1, 0.15) is 18.5 Å². The van der Waals surface area contributed by atoms with E-state index in [0.717, 1.165) is 18.7 Å². The van der Waals surface area contributed by atoms with Gasteiger partial charge < -0.3 is 4.90 Å². The van der Waals surface area contributed by atoms with Crippen LogP contribution in [0.3, 0.4) is 0 Å². The Bertz CT molecular complexity index is 444. The lowest BCUT2D eigenvalue weighted by molar-refractivity contribution is -0.130. The normalized spacial score (nSPS) is 18.1. The number of amides is 1. The zero-order valence-corrected chi connectivity index (χ0v) is 10.5. The van der Waals surface area contributed by atoms with Gasteiger partial charge in [0.1, 0.15) is 6.04 Å². The van der Waals surface area contributed by atoms with E-state index in [1.54, 1.807) is 6.92 Å². The van der Waals surface area contributed by atoms with Gasteiger partial charge in [0.2, 0.25) is 5.91 Å². The van der Waals surface area contributed by atoms with Crippen LogP contribution in [-0.2, 0) is 4.79 Å². The molecule has 0 aliphatic carbocycles. The summed E-state index contributed by atoms with van der Waals surface area (Å²) in [6.45, 7) is 4.52. The minimum atomic E-state index is -0.208. The first kappa shape index (κ1) is 12.6. The first-order chi connectivity index (χ1) is 8.72. The van der Waals surface area contributed by atoms with Crippen LogP contribution in [0, 0.1) is 11.3 Å². The third kappa shape index (κ3) is 2.69. The Labute approximate surface area is 107 Å². The summed E-state index contributed by atoms with van der Waals surface area (Å²) in [5, 5.41) is 9.33. The van der Waals surface area contributed by atoms with Crippen molar-refractivity contribution in [2.24, 2.45) is 0 Å². The first-order valence-electron chi connectivity index (χ1n) is 6.16. The van der Waals surface area contributed by atoms with Gasteiger partial charge in [-0.3, -0.25) is 9.69 Å². The number of nitrogens with zero attached hydrogens (tertiary/aromatic N) is 3. The van der Waals surface area contributed by atoms with Crippen molar-refractivity contribution in [3.63, 3.8) is 0 Å². The number of carbonyl (C=O) groups excluding carboxylic acids is 1. The highest BCUT2D eigenvalue weighted by molar-refractivity contribution is 5.73. The maximum absolute atomic E-state index is 11.3. The molecule has 0 bridgehead atoms. The minimum absolute atomic E-state index is 0.114. The molecule has 1 unspecified atom stereocenters. The van der Waals surface area contributed by atoms with E-state index in [9.17, 15) is 10.1 Å². The highest BCUT2D eigenvalue weighted by atomic mass is 16.2. The van der Waals surface area contributed by atoms with Crippen molar-refractivity contribution < 1.29 is 4.79 Å². The fourth-order valence-corrected chi connectivity index (χ4v) is 2.30. The van der Waals surface area contributed by atoms with Crippen molar-refractivity contribution in [1.29, 1.82) is 5.26 Å². The summed E-state index contributed by atoms with van der Waals surface area (Å²) in [5.41, 5.74) is 1.02. The van der Waals surface area contributed by atoms with Gasteiger partial charge >= 0.3 is 0 Å². The van der Waals surface area contributed by atoms with Gasteiger partial charge in [-0.1, -0.05) is 30.3 Å². The van der Waals surface area contributed by atoms with Gasteiger partial charge in [-0.15, -0.1) is 0 Å². The number of rotatable bonds is 2. The minimum Gasteiger partial charge on any atom is -0.340 e. The molecule has 1 aliphatic rings. The summed E-state index contributed by atoms with van der Waals surface area (Å²) in [6, 6.07) is 12.0. The maximum atomic E-state index is 11.3. The molecule has 1 fully saturated rings. The molecule has 4 nitrogen and oxygen atoms in total. The molecule has 0 saturated carbocycles. The van der Waals surface area contributed by atoms with Gasteiger partial charge in [-0.2, -0.15) is 5.26 Å². The number of benzene rings is 1. The Kier molecular flexibility index (Phi) is 3.96. The summed E-state index contributed by atoms with van der Waals surface area (Å²) >= 11 is 0. The summed E-state index contributed by atoms with van der Waals surface area (Å²) in [6.07, 6.45) is 0. The average molecular weight is 243 g/mol. The van der Waals surface area contributed by atoms with Gasteiger partial charge in [0.25, 0.3) is 0 Å². The van der Waals surface area contributed by atoms with Gasteiger partial charge in [0.15, 0.2) is 0 Å². The van der Waals surface area contributed by atoms with Crippen LogP contribution in [-0.4, -0.2) is 41.9 Å². The standard InChI is InChI=1S/C14H17N3O/c1-12(18)16-7-9-17(10-8-16)14(11-15)13-5-3-2-4-6-13/h2-6,14H,7-10H2,1H3. The van der Waals surface area contributed by atoms with Crippen molar-refractivity contribution in [3.8, 4) is 6.07 Å². The van der Waals surface area contributed by atoms with Crippen LogP contribution in [0.2, 0.25) is 0 Å². The maximum Gasteiger partial charge on any atom is 0.219 e. The highest BCUT2D eigenvalue weighted by Crippen LogP contribution is 2.21. The van der Waals surface area contributed by atoms with Gasteiger partial charge in [-0.25, -0.2) is 0 Å². The molecule has 18 heavy (non-hydrogen) atoms. The third-order valence-electron chi connectivity index (χ3n) is 3.36. The second kappa shape index (κ2) is 5.65. The molecule has 1 aromatic carbocycles. The molecular weight excluding hydrogens is 226 g/mol. The Hall–Kier alpha value is -1.86. The van der Waals surface area contributed by atoms with E-state index in [4.69, 9.17) is 0 Å². The van der Waals surface area contributed by atoms with E-state index >= 15 is 0 Å². The van der Waals surface area contributed by atoms with Crippen molar-refractivity contribution >= 4 is 5.91 Å². The quantitative estimate of drug-likeness (QED) is 0.789. The molecule has 1 saturated heterocycles. The number of carbonyl (C=O) groups is 1. The van der Waals surface area contributed by atoms with Gasteiger partial charge in [-0.05, 0) is 5.56 Å². The van der Waals surface area contributed by atoms with Crippen LogP contribution in [0.4, 0.5) is 0 Å². The first-order valence-corrected chi connectivity index (χ1v) is 6.16. The van der Waals surface area contributed by atoms with Crippen LogP contribution in [0.15, 0.2) is 30.3 Å². The van der Waals surface area contributed by atoms with E-state index in [0.29, 0.717) is 13.1 Å². The number of hydrogen-bond donors (Lipinski definition) is 0. The zero-order valence-electron chi connectivity index (χ0n) is 10.5. The smallest absolute Gasteiger partial charge is 0.219 e. The Morgan fingerprint density at radius 3 is 2.33 bits per heavy atom. The molecule has 1 amide bonds. The van der Waals surface area contributed by atoms with Crippen molar-refractivity contribution in [2.75, 3.05) is 26.2 Å². The summed E-state index contributed by atoms with van der Waals surface area (Å²) in [4.78, 5) is 15.2. The fourth-order valence-electron chi connectivity index (χ4n) is 2.30. The van der Waals surface area contributed by atoms with Gasteiger partial charge in [0, 0.05) is 33.1 Å². The van der Waals surface area contributed by atoms with E-state index in [1.165, 1.54) is 0 Å². The van der Waals surface area contributed by atoms with E-state index in [1.807, 2.05) is 35.2 Å². The lowest BCUT2D eigenvalue weighted by Crippen LogP contribution is -2.48. The predicted octanol–water partition coefficient (Wildman–Crippen LogP) is 1.42. The van der Waals surface area contributed by atoms with Crippen LogP contribution in [0.25, 0.3) is 0 Å². The summed E-state index contributed by atoms with van der Waals surface area (Å²) in [7, 11) is 0. The molecule has 0 spiro atoms. The summed E-state index contributed by atoms with van der Waals surface area (Å²) in [5.74, 6) is 0.114. The molecule has 94 valence electrons. The Balaban J connectivity index is 2.04.